The van der Waals surface area contributed by atoms with Crippen molar-refractivity contribution in [3.05, 3.63) is 66.2 Å². The first-order valence-electron chi connectivity index (χ1n) is 10.6. The molecule has 1 fully saturated rings. The van der Waals surface area contributed by atoms with E-state index in [1.807, 2.05) is 18.2 Å². The molecule has 1 atom stereocenters. The summed E-state index contributed by atoms with van der Waals surface area (Å²) in [6.45, 7) is 4.91. The Bertz CT molecular complexity index is 896. The van der Waals surface area contributed by atoms with E-state index in [0.29, 0.717) is 6.54 Å². The number of amides is 1. The molecule has 0 radical (unpaired) electrons. The van der Waals surface area contributed by atoms with Crippen molar-refractivity contribution in [3.8, 4) is 0 Å². The summed E-state index contributed by atoms with van der Waals surface area (Å²) in [6, 6.07) is 18.5. The molecular weight excluding hydrogens is 398 g/mol. The molecule has 0 saturated carbocycles. The second-order valence-corrected chi connectivity index (χ2v) is 9.68. The van der Waals surface area contributed by atoms with Gasteiger partial charge in [-0.15, -0.1) is 0 Å². The van der Waals surface area contributed by atoms with Crippen LogP contribution >= 0.6 is 0 Å². The van der Waals surface area contributed by atoms with E-state index in [9.17, 15) is 13.2 Å². The van der Waals surface area contributed by atoms with Crippen molar-refractivity contribution >= 4 is 15.9 Å². The van der Waals surface area contributed by atoms with Crippen molar-refractivity contribution in [2.24, 2.45) is 5.92 Å². The van der Waals surface area contributed by atoms with Crippen LogP contribution < -0.4 is 10.0 Å². The fourth-order valence-corrected chi connectivity index (χ4v) is 4.81. The zero-order valence-electron chi connectivity index (χ0n) is 17.5. The highest BCUT2D eigenvalue weighted by Crippen LogP contribution is 2.26. The molecule has 30 heavy (non-hydrogen) atoms. The van der Waals surface area contributed by atoms with Crippen LogP contribution in [0.2, 0.25) is 0 Å². The predicted molar refractivity (Wildman–Crippen MR) is 118 cm³/mol. The van der Waals surface area contributed by atoms with E-state index in [4.69, 9.17) is 0 Å². The van der Waals surface area contributed by atoms with Gasteiger partial charge in [-0.3, -0.25) is 9.69 Å². The first kappa shape index (κ1) is 22.5. The standard InChI is InChI=1S/C23H31N3O3S/c1-19-13-16-26(17-14-19)22(20-8-4-2-5-9-20)18-24-23(27)12-15-25-30(28,29)21-10-6-3-7-11-21/h2-11,19,22,25H,12-18H2,1H3,(H,24,27). The lowest BCUT2D eigenvalue weighted by atomic mass is 9.95. The summed E-state index contributed by atoms with van der Waals surface area (Å²) in [6.07, 6.45) is 2.43. The average molecular weight is 430 g/mol. The van der Waals surface area contributed by atoms with Gasteiger partial charge >= 0.3 is 0 Å². The van der Waals surface area contributed by atoms with Crippen molar-refractivity contribution in [3.63, 3.8) is 0 Å². The van der Waals surface area contributed by atoms with Crippen LogP contribution in [0.15, 0.2) is 65.6 Å². The van der Waals surface area contributed by atoms with Crippen LogP contribution in [0.1, 0.15) is 37.8 Å². The van der Waals surface area contributed by atoms with Crippen LogP contribution in [-0.4, -0.2) is 45.4 Å². The number of rotatable bonds is 9. The van der Waals surface area contributed by atoms with Gasteiger partial charge in [-0.1, -0.05) is 55.5 Å². The summed E-state index contributed by atoms with van der Waals surface area (Å²) in [5.74, 6) is 0.585. The largest absolute Gasteiger partial charge is 0.354 e. The number of carbonyl (C=O) groups is 1. The van der Waals surface area contributed by atoms with Gasteiger partial charge in [-0.2, -0.15) is 0 Å². The van der Waals surface area contributed by atoms with Gasteiger partial charge in [0.1, 0.15) is 0 Å². The quantitative estimate of drug-likeness (QED) is 0.642. The molecule has 2 N–H and O–H groups in total. The highest BCUT2D eigenvalue weighted by atomic mass is 32.2. The molecule has 2 aromatic carbocycles. The van der Waals surface area contributed by atoms with Gasteiger partial charge in [0.05, 0.1) is 10.9 Å². The zero-order valence-corrected chi connectivity index (χ0v) is 18.3. The molecule has 1 amide bonds. The van der Waals surface area contributed by atoms with E-state index in [0.717, 1.165) is 19.0 Å². The Labute approximate surface area is 179 Å². The maximum atomic E-state index is 12.4. The number of likely N-dealkylation sites (tertiary alicyclic amines) is 1. The van der Waals surface area contributed by atoms with Gasteiger partial charge in [0.15, 0.2) is 0 Å². The normalized spacial score (nSPS) is 16.8. The maximum Gasteiger partial charge on any atom is 0.240 e. The molecule has 2 aromatic rings. The lowest BCUT2D eigenvalue weighted by molar-refractivity contribution is -0.121. The molecule has 0 aromatic heterocycles. The number of piperidine rings is 1. The van der Waals surface area contributed by atoms with Crippen molar-refractivity contribution in [1.29, 1.82) is 0 Å². The molecule has 1 saturated heterocycles. The van der Waals surface area contributed by atoms with Crippen molar-refractivity contribution in [2.45, 2.75) is 37.1 Å². The molecule has 0 spiro atoms. The monoisotopic (exact) mass is 429 g/mol. The average Bonchev–Trinajstić information content (AvgIpc) is 2.76. The van der Waals surface area contributed by atoms with Crippen molar-refractivity contribution in [1.82, 2.24) is 14.9 Å². The number of carbonyl (C=O) groups excluding carboxylic acids is 1. The number of hydrogen-bond donors (Lipinski definition) is 2. The molecule has 7 heteroatoms. The van der Waals surface area contributed by atoms with E-state index < -0.39 is 10.0 Å². The lowest BCUT2D eigenvalue weighted by Gasteiger charge is -2.37. The summed E-state index contributed by atoms with van der Waals surface area (Å²) < 4.78 is 27.0. The fourth-order valence-electron chi connectivity index (χ4n) is 3.75. The molecule has 1 aliphatic heterocycles. The number of nitrogens with zero attached hydrogens (tertiary/aromatic N) is 1. The van der Waals surface area contributed by atoms with E-state index in [2.05, 4.69) is 34.0 Å². The Morgan fingerprint density at radius 1 is 1.03 bits per heavy atom. The number of sulfonamides is 1. The van der Waals surface area contributed by atoms with Gasteiger partial charge in [0.25, 0.3) is 0 Å². The summed E-state index contributed by atoms with van der Waals surface area (Å²) in [5, 5.41) is 3.00. The Kier molecular flexibility index (Phi) is 8.01. The van der Waals surface area contributed by atoms with Gasteiger partial charge in [-0.05, 0) is 49.5 Å². The van der Waals surface area contributed by atoms with Crippen LogP contribution in [0, 0.1) is 5.92 Å². The lowest BCUT2D eigenvalue weighted by Crippen LogP contribution is -2.42. The van der Waals surface area contributed by atoms with Crippen LogP contribution in [-0.2, 0) is 14.8 Å². The first-order valence-corrected chi connectivity index (χ1v) is 12.0. The van der Waals surface area contributed by atoms with Crippen LogP contribution in [0.25, 0.3) is 0 Å². The highest BCUT2D eigenvalue weighted by Gasteiger charge is 2.25. The van der Waals surface area contributed by atoms with Gasteiger partial charge in [-0.25, -0.2) is 13.1 Å². The first-order chi connectivity index (χ1) is 14.5. The van der Waals surface area contributed by atoms with Crippen LogP contribution in [0.4, 0.5) is 0 Å². The number of hydrogen-bond acceptors (Lipinski definition) is 4. The molecule has 1 heterocycles. The molecule has 1 aliphatic rings. The summed E-state index contributed by atoms with van der Waals surface area (Å²) in [7, 11) is -3.59. The molecule has 162 valence electrons. The molecule has 0 bridgehead atoms. The Balaban J connectivity index is 1.52. The molecule has 6 nitrogen and oxygen atoms in total. The molecule has 0 aliphatic carbocycles. The summed E-state index contributed by atoms with van der Waals surface area (Å²) in [4.78, 5) is 15.0. The SMILES string of the molecule is CC1CCN(C(CNC(=O)CCNS(=O)(=O)c2ccccc2)c2ccccc2)CC1. The minimum atomic E-state index is -3.59. The van der Waals surface area contributed by atoms with Gasteiger partial charge in [0.2, 0.25) is 15.9 Å². The predicted octanol–water partition coefficient (Wildman–Crippen LogP) is 2.94. The second-order valence-electron chi connectivity index (χ2n) is 7.91. The number of benzene rings is 2. The minimum Gasteiger partial charge on any atom is -0.354 e. The number of nitrogens with one attached hydrogen (secondary N) is 2. The van der Waals surface area contributed by atoms with Crippen molar-refractivity contribution < 1.29 is 13.2 Å². The van der Waals surface area contributed by atoms with E-state index in [-0.39, 0.29) is 29.8 Å². The Morgan fingerprint density at radius 2 is 1.63 bits per heavy atom. The zero-order chi connectivity index (χ0) is 21.4. The highest BCUT2D eigenvalue weighted by molar-refractivity contribution is 7.89. The third-order valence-corrected chi connectivity index (χ3v) is 7.11. The second kappa shape index (κ2) is 10.7. The maximum absolute atomic E-state index is 12.4. The van der Waals surface area contributed by atoms with E-state index in [1.165, 1.54) is 30.5 Å². The topological polar surface area (TPSA) is 78.5 Å². The van der Waals surface area contributed by atoms with E-state index >= 15 is 0 Å². The molecule has 3 rings (SSSR count). The van der Waals surface area contributed by atoms with Gasteiger partial charge < -0.3 is 5.32 Å². The fraction of sp³-hybridized carbons (Fsp3) is 0.435. The third-order valence-electron chi connectivity index (χ3n) is 5.63. The minimum absolute atomic E-state index is 0.0697. The smallest absolute Gasteiger partial charge is 0.240 e. The van der Waals surface area contributed by atoms with Crippen LogP contribution in [0.3, 0.4) is 0 Å². The summed E-state index contributed by atoms with van der Waals surface area (Å²) in [5.41, 5.74) is 1.19. The Morgan fingerprint density at radius 3 is 2.27 bits per heavy atom. The Hall–Kier alpha value is -2.22. The molecular formula is C23H31N3O3S. The molecule has 1 unspecified atom stereocenters. The third kappa shape index (κ3) is 6.39. The van der Waals surface area contributed by atoms with E-state index in [1.54, 1.807) is 18.2 Å². The van der Waals surface area contributed by atoms with Gasteiger partial charge in [0, 0.05) is 19.5 Å². The van der Waals surface area contributed by atoms with Crippen LogP contribution in [0.5, 0.6) is 0 Å². The summed E-state index contributed by atoms with van der Waals surface area (Å²) >= 11 is 0. The van der Waals surface area contributed by atoms with Crippen molar-refractivity contribution in [2.75, 3.05) is 26.2 Å².